The molecule has 0 atom stereocenters. The van der Waals surface area contributed by atoms with Gasteiger partial charge in [-0.25, -0.2) is 0 Å². The Labute approximate surface area is 159 Å². The Balaban J connectivity index is 0.00000441. The summed E-state index contributed by atoms with van der Waals surface area (Å²) in [5.41, 5.74) is 1.33. The highest BCUT2D eigenvalue weighted by molar-refractivity contribution is 14.0. The molecule has 1 rings (SSSR count). The third kappa shape index (κ3) is 7.78. The van der Waals surface area contributed by atoms with Crippen LogP contribution >= 0.6 is 39.9 Å². The summed E-state index contributed by atoms with van der Waals surface area (Å²) in [6.45, 7) is 6.88. The lowest BCUT2D eigenvalue weighted by Crippen LogP contribution is -2.43. The van der Waals surface area contributed by atoms with Gasteiger partial charge >= 0.3 is 0 Å². The molecule has 0 unspecified atom stereocenters. The van der Waals surface area contributed by atoms with E-state index in [0.717, 1.165) is 36.5 Å². The van der Waals surface area contributed by atoms with Gasteiger partial charge in [0.1, 0.15) is 0 Å². The number of methoxy groups -OCH3 is 1. The average molecular weight is 484 g/mol. The van der Waals surface area contributed by atoms with Crippen LogP contribution in [0, 0.1) is 0 Å². The Bertz CT molecular complexity index is 449. The summed E-state index contributed by atoms with van der Waals surface area (Å²) >= 11 is 3.47. The second kappa shape index (κ2) is 11.2. The number of hydrogen-bond acceptors (Lipinski definition) is 2. The van der Waals surface area contributed by atoms with E-state index in [1.165, 1.54) is 5.56 Å². The zero-order valence-corrected chi connectivity index (χ0v) is 17.7. The first-order chi connectivity index (χ1) is 9.99. The second-order valence-corrected chi connectivity index (χ2v) is 6.51. The lowest BCUT2D eigenvalue weighted by molar-refractivity contribution is 0.195. The number of halogens is 2. The molecule has 0 saturated carbocycles. The van der Waals surface area contributed by atoms with Crippen molar-refractivity contribution in [3.8, 4) is 0 Å². The molecule has 2 N–H and O–H groups in total. The maximum absolute atomic E-state index is 5.03. The number of benzene rings is 1. The van der Waals surface area contributed by atoms with Gasteiger partial charge in [-0.15, -0.1) is 24.0 Å². The number of nitrogens with zero attached hydrogens (tertiary/aromatic N) is 1. The lowest BCUT2D eigenvalue weighted by atomic mass is 9.85. The molecule has 0 spiro atoms. The number of guanidine groups is 1. The molecular weight excluding hydrogens is 457 g/mol. The van der Waals surface area contributed by atoms with E-state index in [0.29, 0.717) is 0 Å². The fourth-order valence-corrected chi connectivity index (χ4v) is 2.22. The van der Waals surface area contributed by atoms with E-state index >= 15 is 0 Å². The minimum Gasteiger partial charge on any atom is -0.385 e. The number of ether oxygens (including phenoxy) is 1. The third-order valence-corrected chi connectivity index (χ3v) is 3.89. The van der Waals surface area contributed by atoms with Gasteiger partial charge in [-0.05, 0) is 24.1 Å². The molecule has 6 heteroatoms. The topological polar surface area (TPSA) is 45.7 Å². The van der Waals surface area contributed by atoms with Crippen LogP contribution in [0.4, 0.5) is 0 Å². The van der Waals surface area contributed by atoms with Crippen molar-refractivity contribution in [3.05, 3.63) is 34.3 Å². The summed E-state index contributed by atoms with van der Waals surface area (Å²) in [5, 5.41) is 6.67. The number of hydrogen-bond donors (Lipinski definition) is 2. The van der Waals surface area contributed by atoms with Crippen molar-refractivity contribution in [2.75, 3.05) is 33.9 Å². The Morgan fingerprint density at radius 3 is 2.41 bits per heavy atom. The van der Waals surface area contributed by atoms with Crippen LogP contribution < -0.4 is 10.6 Å². The highest BCUT2D eigenvalue weighted by atomic mass is 127. The van der Waals surface area contributed by atoms with Crippen LogP contribution in [0.25, 0.3) is 0 Å². The maximum atomic E-state index is 5.03. The number of rotatable bonds is 7. The number of nitrogens with one attached hydrogen (secondary N) is 2. The molecule has 0 aliphatic carbocycles. The van der Waals surface area contributed by atoms with E-state index in [2.05, 4.69) is 69.7 Å². The Hall–Kier alpha value is -0.340. The van der Waals surface area contributed by atoms with E-state index in [1.54, 1.807) is 14.2 Å². The molecular formula is C16H27BrIN3O. The van der Waals surface area contributed by atoms with Crippen LogP contribution in [0.3, 0.4) is 0 Å². The van der Waals surface area contributed by atoms with Crippen molar-refractivity contribution in [2.45, 2.75) is 25.7 Å². The molecule has 0 saturated heterocycles. The quantitative estimate of drug-likeness (QED) is 0.270. The molecule has 0 aliphatic heterocycles. The highest BCUT2D eigenvalue weighted by Crippen LogP contribution is 2.23. The Kier molecular flexibility index (Phi) is 11.1. The van der Waals surface area contributed by atoms with Gasteiger partial charge in [0.15, 0.2) is 5.96 Å². The van der Waals surface area contributed by atoms with Crippen LogP contribution in [0.15, 0.2) is 33.7 Å². The molecule has 0 aromatic heterocycles. The first-order valence-electron chi connectivity index (χ1n) is 7.19. The summed E-state index contributed by atoms with van der Waals surface area (Å²) in [7, 11) is 3.51. The van der Waals surface area contributed by atoms with Gasteiger partial charge in [-0.2, -0.15) is 0 Å². The van der Waals surface area contributed by atoms with Gasteiger partial charge in [0.25, 0.3) is 0 Å². The molecule has 0 bridgehead atoms. The third-order valence-electron chi connectivity index (χ3n) is 3.36. The highest BCUT2D eigenvalue weighted by Gasteiger charge is 2.20. The molecule has 22 heavy (non-hydrogen) atoms. The fourth-order valence-electron chi connectivity index (χ4n) is 1.95. The molecule has 0 aliphatic rings. The van der Waals surface area contributed by atoms with Gasteiger partial charge in [0.05, 0.1) is 0 Å². The molecule has 0 fully saturated rings. The molecule has 0 heterocycles. The van der Waals surface area contributed by atoms with Crippen LogP contribution in [-0.2, 0) is 10.2 Å². The molecule has 4 nitrogen and oxygen atoms in total. The fraction of sp³-hybridized carbons (Fsp3) is 0.562. The van der Waals surface area contributed by atoms with Crippen molar-refractivity contribution in [1.82, 2.24) is 10.6 Å². The van der Waals surface area contributed by atoms with Gasteiger partial charge < -0.3 is 15.4 Å². The second-order valence-electron chi connectivity index (χ2n) is 5.59. The van der Waals surface area contributed by atoms with E-state index in [4.69, 9.17) is 4.74 Å². The van der Waals surface area contributed by atoms with Crippen LogP contribution in [0.1, 0.15) is 25.8 Å². The minimum absolute atomic E-state index is 0. The normalized spacial score (nSPS) is 11.8. The maximum Gasteiger partial charge on any atom is 0.191 e. The molecule has 1 aromatic carbocycles. The predicted molar refractivity (Wildman–Crippen MR) is 108 cm³/mol. The van der Waals surface area contributed by atoms with Gasteiger partial charge in [0.2, 0.25) is 0 Å². The van der Waals surface area contributed by atoms with Crippen molar-refractivity contribution < 1.29 is 4.74 Å². The van der Waals surface area contributed by atoms with Crippen molar-refractivity contribution >= 4 is 45.9 Å². The van der Waals surface area contributed by atoms with E-state index in [-0.39, 0.29) is 29.4 Å². The first-order valence-corrected chi connectivity index (χ1v) is 7.98. The predicted octanol–water partition coefficient (Wildman–Crippen LogP) is 3.55. The van der Waals surface area contributed by atoms with Crippen LogP contribution in [-0.4, -0.2) is 39.8 Å². The van der Waals surface area contributed by atoms with E-state index < -0.39 is 0 Å². The monoisotopic (exact) mass is 483 g/mol. The van der Waals surface area contributed by atoms with Crippen LogP contribution in [0.5, 0.6) is 0 Å². The molecule has 126 valence electrons. The van der Waals surface area contributed by atoms with Gasteiger partial charge in [0, 0.05) is 43.7 Å². The van der Waals surface area contributed by atoms with Gasteiger partial charge in [-0.1, -0.05) is 41.9 Å². The lowest BCUT2D eigenvalue weighted by Gasteiger charge is -2.27. The summed E-state index contributed by atoms with van der Waals surface area (Å²) in [6, 6.07) is 8.46. The van der Waals surface area contributed by atoms with Gasteiger partial charge in [-0.3, -0.25) is 4.99 Å². The summed E-state index contributed by atoms with van der Waals surface area (Å²) in [4.78, 5) is 4.24. The van der Waals surface area contributed by atoms with Crippen molar-refractivity contribution in [1.29, 1.82) is 0 Å². The summed E-state index contributed by atoms with van der Waals surface area (Å²) < 4.78 is 6.14. The molecule has 0 radical (unpaired) electrons. The smallest absolute Gasteiger partial charge is 0.191 e. The first kappa shape index (κ1) is 21.7. The van der Waals surface area contributed by atoms with Crippen LogP contribution in [0.2, 0.25) is 0 Å². The zero-order valence-electron chi connectivity index (χ0n) is 13.8. The van der Waals surface area contributed by atoms with Crippen molar-refractivity contribution in [3.63, 3.8) is 0 Å². The van der Waals surface area contributed by atoms with E-state index in [9.17, 15) is 0 Å². The van der Waals surface area contributed by atoms with Crippen molar-refractivity contribution in [2.24, 2.45) is 4.99 Å². The number of aliphatic imine (C=N–C) groups is 1. The van der Waals surface area contributed by atoms with E-state index in [1.807, 2.05) is 0 Å². The minimum atomic E-state index is 0. The average Bonchev–Trinajstić information content (AvgIpc) is 2.47. The summed E-state index contributed by atoms with van der Waals surface area (Å²) in [6.07, 6.45) is 0.966. The zero-order chi connectivity index (χ0) is 15.7. The Morgan fingerprint density at radius 1 is 1.23 bits per heavy atom. The molecule has 1 aromatic rings. The molecule has 0 amide bonds. The summed E-state index contributed by atoms with van der Waals surface area (Å²) in [5.74, 6) is 0.830. The largest absolute Gasteiger partial charge is 0.385 e. The Morgan fingerprint density at radius 2 is 1.86 bits per heavy atom. The SMILES string of the molecule is CN=C(NCCCOC)NCC(C)(C)c1ccc(Br)cc1.I. The standard InChI is InChI=1S/C16H26BrN3O.HI/c1-16(2,13-6-8-14(17)9-7-13)12-20-15(18-3)19-10-5-11-21-4;/h6-9H,5,10-12H2,1-4H3,(H2,18,19,20);1H.